The first kappa shape index (κ1) is 22.2. The second-order valence-electron chi connectivity index (χ2n) is 8.24. The summed E-state index contributed by atoms with van der Waals surface area (Å²) in [6, 6.07) is 26.9. The number of para-hydroxylation sites is 2. The van der Waals surface area contributed by atoms with Crippen molar-refractivity contribution in [2.75, 3.05) is 0 Å². The van der Waals surface area contributed by atoms with Crippen molar-refractivity contribution in [2.24, 2.45) is 0 Å². The van der Waals surface area contributed by atoms with Crippen LogP contribution in [0.5, 0.6) is 0 Å². The molecule has 0 unspecified atom stereocenters. The van der Waals surface area contributed by atoms with Gasteiger partial charge in [-0.05, 0) is 78.4 Å². The minimum atomic E-state index is -0.530. The largest absolute Gasteiger partial charge is 0.295 e. The molecule has 2 heterocycles. The number of H-pyrrole nitrogens is 2. The Hall–Kier alpha value is -3.59. The molecule has 7 heteroatoms. The molecular formula is C27H23IN4O2. The van der Waals surface area contributed by atoms with Crippen LogP contribution < -0.4 is 11.1 Å². The lowest BCUT2D eigenvalue weighted by Crippen LogP contribution is -2.25. The molecule has 0 aliphatic rings. The van der Waals surface area contributed by atoms with Crippen molar-refractivity contribution >= 4 is 22.6 Å². The van der Waals surface area contributed by atoms with E-state index in [-0.39, 0.29) is 11.1 Å². The van der Waals surface area contributed by atoms with Crippen LogP contribution in [0.1, 0.15) is 34.0 Å². The Labute approximate surface area is 210 Å². The predicted molar refractivity (Wildman–Crippen MR) is 142 cm³/mol. The molecule has 3 aromatic carbocycles. The molecule has 170 valence electrons. The minimum Gasteiger partial charge on any atom is -0.295 e. The van der Waals surface area contributed by atoms with Gasteiger partial charge in [0.15, 0.2) is 0 Å². The van der Waals surface area contributed by atoms with Crippen LogP contribution >= 0.6 is 22.6 Å². The number of aryl methyl sites for hydroxylation is 2. The maximum absolute atomic E-state index is 13.8. The Morgan fingerprint density at radius 3 is 1.59 bits per heavy atom. The van der Waals surface area contributed by atoms with Crippen molar-refractivity contribution in [1.82, 2.24) is 19.6 Å². The Balaban J connectivity index is 1.78. The topological polar surface area (TPSA) is 75.6 Å². The third-order valence-electron chi connectivity index (χ3n) is 6.02. The molecule has 0 aliphatic heterocycles. The number of hydrogen-bond acceptors (Lipinski definition) is 2. The van der Waals surface area contributed by atoms with Crippen LogP contribution in [0.25, 0.3) is 11.4 Å². The van der Waals surface area contributed by atoms with E-state index in [1.54, 1.807) is 9.36 Å². The maximum atomic E-state index is 13.8. The van der Waals surface area contributed by atoms with Gasteiger partial charge in [0, 0.05) is 20.9 Å². The average molecular weight is 562 g/mol. The van der Waals surface area contributed by atoms with E-state index in [0.717, 1.165) is 31.9 Å². The number of aromatic amines is 2. The highest BCUT2D eigenvalue weighted by molar-refractivity contribution is 14.1. The molecular weight excluding hydrogens is 539 g/mol. The quantitative estimate of drug-likeness (QED) is 0.295. The van der Waals surface area contributed by atoms with Crippen LogP contribution in [-0.4, -0.2) is 19.6 Å². The predicted octanol–water partition coefficient (Wildman–Crippen LogP) is 5.05. The molecule has 34 heavy (non-hydrogen) atoms. The van der Waals surface area contributed by atoms with E-state index >= 15 is 0 Å². The van der Waals surface area contributed by atoms with E-state index in [9.17, 15) is 9.59 Å². The summed E-state index contributed by atoms with van der Waals surface area (Å²) in [5.74, 6) is -0.530. The zero-order valence-electron chi connectivity index (χ0n) is 18.7. The monoisotopic (exact) mass is 562 g/mol. The van der Waals surface area contributed by atoms with Crippen molar-refractivity contribution < 1.29 is 0 Å². The highest BCUT2D eigenvalue weighted by atomic mass is 127. The van der Waals surface area contributed by atoms with Crippen molar-refractivity contribution in [3.8, 4) is 11.4 Å². The highest BCUT2D eigenvalue weighted by Crippen LogP contribution is 2.32. The molecule has 2 aromatic heterocycles. The van der Waals surface area contributed by atoms with Crippen LogP contribution in [0.4, 0.5) is 0 Å². The fraction of sp³-hybridized carbons (Fsp3) is 0.111. The summed E-state index contributed by atoms with van der Waals surface area (Å²) in [6.45, 7) is 3.77. The van der Waals surface area contributed by atoms with Crippen LogP contribution in [0.3, 0.4) is 0 Å². The van der Waals surface area contributed by atoms with Gasteiger partial charge in [0.25, 0.3) is 11.1 Å². The van der Waals surface area contributed by atoms with Gasteiger partial charge in [-0.1, -0.05) is 48.5 Å². The first-order valence-corrected chi connectivity index (χ1v) is 12.0. The summed E-state index contributed by atoms with van der Waals surface area (Å²) >= 11 is 2.26. The molecule has 0 fully saturated rings. The van der Waals surface area contributed by atoms with Gasteiger partial charge in [-0.15, -0.1) is 0 Å². The fourth-order valence-corrected chi connectivity index (χ4v) is 5.05. The molecule has 5 rings (SSSR count). The van der Waals surface area contributed by atoms with E-state index in [0.29, 0.717) is 11.1 Å². The van der Waals surface area contributed by atoms with E-state index in [1.165, 1.54) is 0 Å². The first-order valence-electron chi connectivity index (χ1n) is 10.9. The van der Waals surface area contributed by atoms with E-state index in [4.69, 9.17) is 0 Å². The molecule has 0 radical (unpaired) electrons. The van der Waals surface area contributed by atoms with Gasteiger partial charge in [-0.25, -0.2) is 9.36 Å². The smallest absolute Gasteiger partial charge is 0.275 e. The van der Waals surface area contributed by atoms with Crippen molar-refractivity contribution in [2.45, 2.75) is 19.8 Å². The second-order valence-corrected chi connectivity index (χ2v) is 9.49. The summed E-state index contributed by atoms with van der Waals surface area (Å²) in [7, 11) is 0. The summed E-state index contributed by atoms with van der Waals surface area (Å²) in [5, 5.41) is 6.45. The molecule has 0 bridgehead atoms. The van der Waals surface area contributed by atoms with Gasteiger partial charge in [0.2, 0.25) is 0 Å². The molecule has 0 amide bonds. The number of nitrogens with one attached hydrogen (secondary N) is 2. The van der Waals surface area contributed by atoms with Crippen molar-refractivity contribution in [3.63, 3.8) is 0 Å². The lowest BCUT2D eigenvalue weighted by atomic mass is 9.85. The van der Waals surface area contributed by atoms with Gasteiger partial charge in [-0.3, -0.25) is 19.8 Å². The molecule has 0 saturated heterocycles. The zero-order valence-corrected chi connectivity index (χ0v) is 20.9. The number of halogens is 1. The summed E-state index contributed by atoms with van der Waals surface area (Å²) in [5.41, 5.74) is 4.62. The molecule has 0 atom stereocenters. The third kappa shape index (κ3) is 3.86. The lowest BCUT2D eigenvalue weighted by molar-refractivity contribution is 0.830. The van der Waals surface area contributed by atoms with Gasteiger partial charge < -0.3 is 0 Å². The molecule has 0 aliphatic carbocycles. The van der Waals surface area contributed by atoms with Gasteiger partial charge in [0.1, 0.15) is 0 Å². The van der Waals surface area contributed by atoms with Crippen LogP contribution in [0.15, 0.2) is 94.5 Å². The summed E-state index contributed by atoms with van der Waals surface area (Å²) in [4.78, 5) is 27.5. The van der Waals surface area contributed by atoms with Crippen molar-refractivity contribution in [1.29, 1.82) is 0 Å². The summed E-state index contributed by atoms with van der Waals surface area (Å²) in [6.07, 6.45) is 0. The van der Waals surface area contributed by atoms with E-state index < -0.39 is 5.92 Å². The zero-order chi connectivity index (χ0) is 23.8. The van der Waals surface area contributed by atoms with Gasteiger partial charge in [0.05, 0.1) is 22.5 Å². The van der Waals surface area contributed by atoms with Crippen LogP contribution in [-0.2, 0) is 0 Å². The lowest BCUT2D eigenvalue weighted by Gasteiger charge is -2.16. The van der Waals surface area contributed by atoms with E-state index in [1.807, 2.05) is 98.8 Å². The Morgan fingerprint density at radius 2 is 1.15 bits per heavy atom. The summed E-state index contributed by atoms with van der Waals surface area (Å²) < 4.78 is 4.13. The molecule has 0 spiro atoms. The molecule has 2 N–H and O–H groups in total. The van der Waals surface area contributed by atoms with Gasteiger partial charge >= 0.3 is 0 Å². The van der Waals surface area contributed by atoms with Crippen LogP contribution in [0.2, 0.25) is 0 Å². The van der Waals surface area contributed by atoms with Gasteiger partial charge in [-0.2, -0.15) is 0 Å². The maximum Gasteiger partial charge on any atom is 0.275 e. The Kier molecular flexibility index (Phi) is 5.87. The normalized spacial score (nSPS) is 11.3. The number of hydrogen-bond donors (Lipinski definition) is 2. The molecule has 0 saturated carbocycles. The van der Waals surface area contributed by atoms with Crippen LogP contribution in [0, 0.1) is 17.4 Å². The number of rotatable bonds is 5. The average Bonchev–Trinajstić information content (AvgIpc) is 3.31. The molecule has 6 nitrogen and oxygen atoms in total. The fourth-order valence-electron chi connectivity index (χ4n) is 4.48. The third-order valence-corrected chi connectivity index (χ3v) is 6.69. The standard InChI is InChI=1S/C27H23IN4O2/c1-17-23(26(33)31(29-17)21-12-5-3-6-13-21)25(19-10-9-11-20(28)16-19)24-18(2)30-32(27(24)34)22-14-7-4-8-15-22/h3-16,25,29-30H,1-2H3. The number of aromatic nitrogens is 4. The van der Waals surface area contributed by atoms with Crippen molar-refractivity contribution in [3.05, 3.63) is 137 Å². The Morgan fingerprint density at radius 1 is 0.676 bits per heavy atom. The SMILES string of the molecule is Cc1[nH]n(-c2ccccc2)c(=O)c1C(c1cccc(I)c1)c1c(C)[nH]n(-c2ccccc2)c1=O. The minimum absolute atomic E-state index is 0.168. The van der Waals surface area contributed by atoms with E-state index in [2.05, 4.69) is 32.8 Å². The second kappa shape index (κ2) is 8.98. The number of nitrogens with zero attached hydrogens (tertiary/aromatic N) is 2. The number of benzene rings is 3. The highest BCUT2D eigenvalue weighted by Gasteiger charge is 2.30. The molecule has 5 aromatic rings. The first-order chi connectivity index (χ1) is 16.5. The Bertz CT molecular complexity index is 1480.